The van der Waals surface area contributed by atoms with Crippen molar-refractivity contribution in [2.45, 2.75) is 52.7 Å². The maximum atomic E-state index is 13.0. The van der Waals surface area contributed by atoms with Crippen LogP contribution < -0.4 is 5.32 Å². The van der Waals surface area contributed by atoms with Gasteiger partial charge in [0.15, 0.2) is 0 Å². The van der Waals surface area contributed by atoms with Gasteiger partial charge in [-0.2, -0.15) is 0 Å². The van der Waals surface area contributed by atoms with Gasteiger partial charge in [-0.25, -0.2) is 14.8 Å². The van der Waals surface area contributed by atoms with Gasteiger partial charge >= 0.3 is 6.09 Å². The van der Waals surface area contributed by atoms with Crippen LogP contribution in [0.3, 0.4) is 0 Å². The van der Waals surface area contributed by atoms with Gasteiger partial charge in [-0.05, 0) is 59.4 Å². The Hall–Kier alpha value is -2.70. The summed E-state index contributed by atoms with van der Waals surface area (Å²) in [4.78, 5) is 36.2. The largest absolute Gasteiger partial charge is 0.444 e. The molecule has 0 unspecified atom stereocenters. The number of carbonyl (C=O) groups is 2. The molecule has 2 heterocycles. The first-order chi connectivity index (χ1) is 14.0. The standard InChI is InChI=1S/C23H30N4O3/c1-13-24-17-10-8-7-9-14(17)19(25-13)23(5,6)26-20(28)18-15-11-27(12-16(15)18)21(29)30-22(2,3)4/h7-10,15-16,18H,11-12H2,1-6H3,(H,26,28)/t15-,16+,18+. The Bertz CT molecular complexity index is 999. The number of aromatic nitrogens is 2. The fraction of sp³-hybridized carbons (Fsp3) is 0.565. The maximum absolute atomic E-state index is 13.0. The van der Waals surface area contributed by atoms with E-state index in [1.807, 2.05) is 65.8 Å². The van der Waals surface area contributed by atoms with Gasteiger partial charge in [-0.1, -0.05) is 18.2 Å². The fourth-order valence-corrected chi connectivity index (χ4v) is 4.51. The summed E-state index contributed by atoms with van der Waals surface area (Å²) in [6.45, 7) is 12.6. The number of nitrogens with zero attached hydrogens (tertiary/aromatic N) is 3. The lowest BCUT2D eigenvalue weighted by Crippen LogP contribution is -2.44. The van der Waals surface area contributed by atoms with Gasteiger partial charge in [0, 0.05) is 24.4 Å². The number of piperidine rings is 1. The van der Waals surface area contributed by atoms with Crippen molar-refractivity contribution >= 4 is 22.9 Å². The summed E-state index contributed by atoms with van der Waals surface area (Å²) in [6, 6.07) is 7.86. The van der Waals surface area contributed by atoms with Gasteiger partial charge in [-0.3, -0.25) is 4.79 Å². The molecule has 160 valence electrons. The Morgan fingerprint density at radius 2 is 1.70 bits per heavy atom. The van der Waals surface area contributed by atoms with Crippen molar-refractivity contribution in [3.63, 3.8) is 0 Å². The van der Waals surface area contributed by atoms with E-state index in [1.54, 1.807) is 4.90 Å². The number of amides is 2. The highest BCUT2D eigenvalue weighted by atomic mass is 16.6. The average molecular weight is 411 g/mol. The highest BCUT2D eigenvalue weighted by Crippen LogP contribution is 2.52. The number of hydrogen-bond acceptors (Lipinski definition) is 5. The third-order valence-corrected chi connectivity index (χ3v) is 5.89. The molecular weight excluding hydrogens is 380 g/mol. The number of carbonyl (C=O) groups excluding carboxylic acids is 2. The predicted octanol–water partition coefficient (Wildman–Crippen LogP) is 3.40. The third-order valence-electron chi connectivity index (χ3n) is 5.89. The average Bonchev–Trinajstić information content (AvgIpc) is 3.13. The number of benzene rings is 1. The van der Waals surface area contributed by atoms with Crippen molar-refractivity contribution in [1.82, 2.24) is 20.2 Å². The van der Waals surface area contributed by atoms with Gasteiger partial charge in [0.2, 0.25) is 5.91 Å². The maximum Gasteiger partial charge on any atom is 0.410 e. The molecule has 30 heavy (non-hydrogen) atoms. The normalized spacial score (nSPS) is 23.3. The third kappa shape index (κ3) is 3.85. The van der Waals surface area contributed by atoms with E-state index in [4.69, 9.17) is 4.74 Å². The molecule has 2 aliphatic rings. The first-order valence-corrected chi connectivity index (χ1v) is 10.5. The molecule has 2 aromatic rings. The zero-order valence-electron chi connectivity index (χ0n) is 18.5. The van der Waals surface area contributed by atoms with E-state index in [2.05, 4.69) is 15.3 Å². The van der Waals surface area contributed by atoms with Crippen LogP contribution in [0.25, 0.3) is 10.9 Å². The smallest absolute Gasteiger partial charge is 0.410 e. The summed E-state index contributed by atoms with van der Waals surface area (Å²) in [5.41, 5.74) is 0.550. The van der Waals surface area contributed by atoms with Crippen LogP contribution in [0.5, 0.6) is 0 Å². The molecule has 1 aliphatic heterocycles. The number of ether oxygens (including phenoxy) is 1. The molecule has 0 bridgehead atoms. The lowest BCUT2D eigenvalue weighted by Gasteiger charge is -2.29. The quantitative estimate of drug-likeness (QED) is 0.838. The van der Waals surface area contributed by atoms with E-state index in [-0.39, 0.29) is 29.8 Å². The number of likely N-dealkylation sites (tertiary alicyclic amines) is 1. The van der Waals surface area contributed by atoms with Crippen LogP contribution in [0.1, 0.15) is 46.1 Å². The van der Waals surface area contributed by atoms with Crippen molar-refractivity contribution in [2.75, 3.05) is 13.1 Å². The Morgan fingerprint density at radius 1 is 1.07 bits per heavy atom. The van der Waals surface area contributed by atoms with E-state index < -0.39 is 11.1 Å². The monoisotopic (exact) mass is 410 g/mol. The topological polar surface area (TPSA) is 84.4 Å². The van der Waals surface area contributed by atoms with Crippen molar-refractivity contribution in [1.29, 1.82) is 0 Å². The van der Waals surface area contributed by atoms with Gasteiger partial charge < -0.3 is 15.0 Å². The Morgan fingerprint density at radius 3 is 2.33 bits per heavy atom. The van der Waals surface area contributed by atoms with Crippen LogP contribution in [-0.4, -0.2) is 45.6 Å². The lowest BCUT2D eigenvalue weighted by atomic mass is 9.95. The molecule has 0 radical (unpaired) electrons. The van der Waals surface area contributed by atoms with Crippen molar-refractivity contribution in [3.05, 3.63) is 35.8 Å². The molecule has 0 spiro atoms. The Kier molecular flexibility index (Phi) is 4.75. The number of nitrogens with one attached hydrogen (secondary N) is 1. The highest BCUT2D eigenvalue weighted by molar-refractivity contribution is 5.86. The number of fused-ring (bicyclic) bond motifs is 2. The van der Waals surface area contributed by atoms with Crippen LogP contribution in [0.2, 0.25) is 0 Å². The minimum Gasteiger partial charge on any atom is -0.444 e. The molecule has 1 N–H and O–H groups in total. The lowest BCUT2D eigenvalue weighted by molar-refractivity contribution is -0.125. The van der Waals surface area contributed by atoms with Gasteiger partial charge in [0.25, 0.3) is 0 Å². The molecule has 1 aliphatic carbocycles. The second-order valence-electron chi connectivity index (χ2n) is 9.99. The summed E-state index contributed by atoms with van der Waals surface area (Å²) in [6.07, 6.45) is -0.294. The van der Waals surface area contributed by atoms with Crippen molar-refractivity contribution in [2.24, 2.45) is 17.8 Å². The first kappa shape index (κ1) is 20.6. The van der Waals surface area contributed by atoms with Gasteiger partial charge in [0.05, 0.1) is 16.7 Å². The van der Waals surface area contributed by atoms with E-state index >= 15 is 0 Å². The summed E-state index contributed by atoms with van der Waals surface area (Å²) in [5.74, 6) is 1.06. The fourth-order valence-electron chi connectivity index (χ4n) is 4.51. The molecule has 7 heteroatoms. The number of hydrogen-bond donors (Lipinski definition) is 1. The molecule has 1 saturated carbocycles. The van der Waals surface area contributed by atoms with E-state index in [9.17, 15) is 9.59 Å². The molecular formula is C23H30N4O3. The first-order valence-electron chi connectivity index (χ1n) is 10.5. The van der Waals surface area contributed by atoms with Crippen LogP contribution in [-0.2, 0) is 15.1 Å². The molecule has 1 aromatic carbocycles. The zero-order valence-corrected chi connectivity index (χ0v) is 18.5. The molecule has 4 rings (SSSR count). The molecule has 7 nitrogen and oxygen atoms in total. The van der Waals surface area contributed by atoms with Crippen molar-refractivity contribution < 1.29 is 14.3 Å². The van der Waals surface area contributed by atoms with Gasteiger partial charge in [-0.15, -0.1) is 0 Å². The number of aryl methyl sites for hydroxylation is 1. The summed E-state index contributed by atoms with van der Waals surface area (Å²) in [7, 11) is 0. The molecule has 1 saturated heterocycles. The SMILES string of the molecule is Cc1nc(C(C)(C)NC(=O)[C@H]2[C@@H]3CN(C(=O)OC(C)(C)C)C[C@@H]32)c2ccccc2n1. The van der Waals surface area contributed by atoms with E-state index in [0.717, 1.165) is 16.6 Å². The van der Waals surface area contributed by atoms with Crippen molar-refractivity contribution in [3.8, 4) is 0 Å². The van der Waals surface area contributed by atoms with E-state index in [1.165, 1.54) is 0 Å². The Balaban J connectivity index is 1.43. The predicted molar refractivity (Wildman–Crippen MR) is 114 cm³/mol. The summed E-state index contributed by atoms with van der Waals surface area (Å²) in [5, 5.41) is 4.15. The van der Waals surface area contributed by atoms with Crippen LogP contribution >= 0.6 is 0 Å². The van der Waals surface area contributed by atoms with Crippen LogP contribution in [0, 0.1) is 24.7 Å². The second-order valence-corrected chi connectivity index (χ2v) is 9.99. The van der Waals surface area contributed by atoms with Crippen LogP contribution in [0.4, 0.5) is 4.79 Å². The summed E-state index contributed by atoms with van der Waals surface area (Å²) < 4.78 is 5.45. The molecule has 2 fully saturated rings. The Labute approximate surface area is 177 Å². The molecule has 1 aromatic heterocycles. The zero-order chi connectivity index (χ0) is 21.8. The van der Waals surface area contributed by atoms with Gasteiger partial charge in [0.1, 0.15) is 11.4 Å². The van der Waals surface area contributed by atoms with E-state index in [0.29, 0.717) is 18.9 Å². The molecule has 3 atom stereocenters. The number of para-hydroxylation sites is 1. The summed E-state index contributed by atoms with van der Waals surface area (Å²) >= 11 is 0. The highest BCUT2D eigenvalue weighted by Gasteiger charge is 2.61. The van der Waals surface area contributed by atoms with Crippen LogP contribution in [0.15, 0.2) is 24.3 Å². The second kappa shape index (κ2) is 6.93. The minimum atomic E-state index is -0.633. The molecule has 2 amide bonds. The number of rotatable bonds is 3. The minimum absolute atomic E-state index is 0.0270.